The van der Waals surface area contributed by atoms with Gasteiger partial charge in [-0.2, -0.15) is 0 Å². The molecule has 1 aromatic heterocycles. The largest absolute Gasteiger partial charge is 0.480 e. The first-order chi connectivity index (χ1) is 13.2. The second-order valence-corrected chi connectivity index (χ2v) is 7.93. The third-order valence-corrected chi connectivity index (χ3v) is 5.53. The summed E-state index contributed by atoms with van der Waals surface area (Å²) in [5.41, 5.74) is 6.48. The molecule has 9 nitrogen and oxygen atoms in total. The van der Waals surface area contributed by atoms with E-state index in [9.17, 15) is 24.3 Å². The average molecular weight is 404 g/mol. The van der Waals surface area contributed by atoms with Crippen molar-refractivity contribution in [3.05, 3.63) is 23.2 Å². The van der Waals surface area contributed by atoms with Gasteiger partial charge < -0.3 is 21.1 Å². The van der Waals surface area contributed by atoms with Crippen LogP contribution in [0.1, 0.15) is 24.3 Å². The molecular weight excluding hydrogens is 384 g/mol. The van der Waals surface area contributed by atoms with E-state index in [0.29, 0.717) is 5.69 Å². The molecule has 4 N–H and O–H groups in total. The number of primary amides is 1. The number of nitrogens with zero attached hydrogens (tertiary/aromatic N) is 2. The van der Waals surface area contributed by atoms with Crippen molar-refractivity contribution in [3.8, 4) is 0 Å². The summed E-state index contributed by atoms with van der Waals surface area (Å²) in [4.78, 5) is 53.0. The number of carboxylic acid groups (broad SMARTS) is 1. The number of carbonyl (C=O) groups is 4. The molecule has 3 amide bonds. The molecule has 1 aliphatic heterocycles. The molecule has 0 aliphatic carbocycles. The molecule has 1 aliphatic rings. The second kappa shape index (κ2) is 7.93. The van der Waals surface area contributed by atoms with Crippen molar-refractivity contribution in [3.63, 3.8) is 0 Å². The minimum absolute atomic E-state index is 0.0118. The maximum atomic E-state index is 12.5. The van der Waals surface area contributed by atoms with E-state index in [2.05, 4.69) is 10.3 Å². The van der Waals surface area contributed by atoms with Crippen LogP contribution in [0.4, 0.5) is 5.69 Å². The van der Waals surface area contributed by atoms with Gasteiger partial charge in [0.1, 0.15) is 6.04 Å². The van der Waals surface area contributed by atoms with E-state index >= 15 is 0 Å². The Morgan fingerprint density at radius 3 is 2.86 bits per heavy atom. The van der Waals surface area contributed by atoms with E-state index in [1.165, 1.54) is 4.90 Å². The van der Waals surface area contributed by atoms with Gasteiger partial charge in [-0.1, -0.05) is 0 Å². The van der Waals surface area contributed by atoms with Gasteiger partial charge >= 0.3 is 5.97 Å². The number of amides is 3. The monoisotopic (exact) mass is 404 g/mol. The molecule has 10 heteroatoms. The first-order valence-electron chi connectivity index (χ1n) is 8.73. The predicted molar refractivity (Wildman–Crippen MR) is 103 cm³/mol. The summed E-state index contributed by atoms with van der Waals surface area (Å²) in [6, 6.07) is 4.29. The van der Waals surface area contributed by atoms with Crippen LogP contribution >= 0.6 is 11.3 Å². The van der Waals surface area contributed by atoms with Gasteiger partial charge in [0.05, 0.1) is 21.1 Å². The van der Waals surface area contributed by atoms with Crippen molar-refractivity contribution >= 4 is 50.9 Å². The number of benzene rings is 1. The molecular formula is C18H20N4O5S. The van der Waals surface area contributed by atoms with Crippen LogP contribution in [0.15, 0.2) is 18.2 Å². The topological polar surface area (TPSA) is 143 Å². The summed E-state index contributed by atoms with van der Waals surface area (Å²) in [6.07, 6.45) is -0.261. The van der Waals surface area contributed by atoms with Gasteiger partial charge in [-0.3, -0.25) is 14.4 Å². The van der Waals surface area contributed by atoms with Gasteiger partial charge in [0, 0.05) is 25.1 Å². The van der Waals surface area contributed by atoms with Crippen LogP contribution in [0.2, 0.25) is 0 Å². The molecule has 3 rings (SSSR count). The lowest BCUT2D eigenvalue weighted by atomic mass is 10.1. The van der Waals surface area contributed by atoms with Gasteiger partial charge in [-0.25, -0.2) is 9.78 Å². The third kappa shape index (κ3) is 4.28. The molecule has 0 radical (unpaired) electrons. The lowest BCUT2D eigenvalue weighted by Gasteiger charge is -2.18. The van der Waals surface area contributed by atoms with Crippen LogP contribution in [-0.4, -0.2) is 46.4 Å². The zero-order valence-corrected chi connectivity index (χ0v) is 16.0. The van der Waals surface area contributed by atoms with E-state index in [1.54, 1.807) is 11.3 Å². The van der Waals surface area contributed by atoms with Crippen molar-refractivity contribution in [2.24, 2.45) is 11.7 Å². The minimum Gasteiger partial charge on any atom is -0.480 e. The maximum Gasteiger partial charge on any atom is 0.326 e. The van der Waals surface area contributed by atoms with Crippen LogP contribution in [0.25, 0.3) is 10.2 Å². The molecule has 28 heavy (non-hydrogen) atoms. The van der Waals surface area contributed by atoms with E-state index in [1.807, 2.05) is 25.1 Å². The molecule has 0 bridgehead atoms. The number of fused-ring (bicyclic) bond motifs is 1. The summed E-state index contributed by atoms with van der Waals surface area (Å²) in [7, 11) is 0. The Morgan fingerprint density at radius 1 is 1.43 bits per heavy atom. The number of rotatable bonds is 7. The molecule has 2 unspecified atom stereocenters. The first-order valence-corrected chi connectivity index (χ1v) is 9.55. The predicted octanol–water partition coefficient (Wildman–Crippen LogP) is 0.793. The first kappa shape index (κ1) is 19.7. The molecule has 2 aromatic rings. The van der Waals surface area contributed by atoms with Gasteiger partial charge in [0.25, 0.3) is 0 Å². The number of hydrogen-bond acceptors (Lipinski definition) is 6. The van der Waals surface area contributed by atoms with E-state index < -0.39 is 29.7 Å². The van der Waals surface area contributed by atoms with Crippen molar-refractivity contribution in [1.82, 2.24) is 10.3 Å². The van der Waals surface area contributed by atoms with Crippen LogP contribution in [0.5, 0.6) is 0 Å². The summed E-state index contributed by atoms with van der Waals surface area (Å²) in [5, 5.41) is 12.5. The van der Waals surface area contributed by atoms with E-state index in [-0.39, 0.29) is 31.7 Å². The number of aromatic nitrogens is 1. The van der Waals surface area contributed by atoms with Crippen LogP contribution in [-0.2, 0) is 19.2 Å². The summed E-state index contributed by atoms with van der Waals surface area (Å²) in [6.45, 7) is 2.06. The fourth-order valence-electron chi connectivity index (χ4n) is 3.17. The highest BCUT2D eigenvalue weighted by atomic mass is 32.1. The molecule has 1 saturated heterocycles. The lowest BCUT2D eigenvalue weighted by Crippen LogP contribution is -2.44. The number of aryl methyl sites for hydroxylation is 1. The molecule has 148 valence electrons. The molecule has 2 heterocycles. The van der Waals surface area contributed by atoms with Crippen LogP contribution < -0.4 is 16.0 Å². The number of nitrogens with two attached hydrogens (primary N) is 1. The summed E-state index contributed by atoms with van der Waals surface area (Å²) in [5.74, 6) is -3.31. The van der Waals surface area contributed by atoms with Crippen LogP contribution in [0.3, 0.4) is 0 Å². The summed E-state index contributed by atoms with van der Waals surface area (Å²) < 4.78 is 1.01. The van der Waals surface area contributed by atoms with Crippen LogP contribution in [0, 0.1) is 12.8 Å². The van der Waals surface area contributed by atoms with Gasteiger partial charge in [-0.15, -0.1) is 11.3 Å². The second-order valence-electron chi connectivity index (χ2n) is 6.69. The normalized spacial score (nSPS) is 17.7. The Bertz CT molecular complexity index is 957. The van der Waals surface area contributed by atoms with E-state index in [4.69, 9.17) is 5.73 Å². The number of anilines is 1. The molecule has 1 aromatic carbocycles. The number of carboxylic acids is 1. The Kier molecular flexibility index (Phi) is 5.59. The average Bonchev–Trinajstić information content (AvgIpc) is 3.18. The lowest BCUT2D eigenvalue weighted by molar-refractivity contribution is -0.142. The quantitative estimate of drug-likeness (QED) is 0.623. The Balaban J connectivity index is 1.69. The highest BCUT2D eigenvalue weighted by Crippen LogP contribution is 2.30. The highest BCUT2D eigenvalue weighted by Gasteiger charge is 2.36. The minimum atomic E-state index is -1.25. The smallest absolute Gasteiger partial charge is 0.326 e. The van der Waals surface area contributed by atoms with Crippen molar-refractivity contribution in [2.45, 2.75) is 32.2 Å². The van der Waals surface area contributed by atoms with Gasteiger partial charge in [-0.05, 0) is 31.5 Å². The Hall–Kier alpha value is -3.01. The standard InChI is InChI=1S/C18H20N4O5S/c1-9-20-13-7-11(2-4-14(13)28-9)22-8-10(6-16(22)24)17(25)21-12(18(26)27)3-5-15(19)23/h2,4,7,10,12H,3,5-6,8H2,1H3,(H2,19,23)(H,21,25)(H,26,27). The number of carbonyl (C=O) groups excluding carboxylic acids is 3. The van der Waals surface area contributed by atoms with Crippen molar-refractivity contribution < 1.29 is 24.3 Å². The molecule has 0 spiro atoms. The third-order valence-electron chi connectivity index (χ3n) is 4.58. The number of thiazole rings is 1. The highest BCUT2D eigenvalue weighted by molar-refractivity contribution is 7.18. The number of hydrogen-bond donors (Lipinski definition) is 3. The van der Waals surface area contributed by atoms with Crippen molar-refractivity contribution in [1.29, 1.82) is 0 Å². The van der Waals surface area contributed by atoms with Gasteiger partial charge in [0.2, 0.25) is 17.7 Å². The van der Waals surface area contributed by atoms with E-state index in [0.717, 1.165) is 15.2 Å². The van der Waals surface area contributed by atoms with Gasteiger partial charge in [0.15, 0.2) is 0 Å². The summed E-state index contributed by atoms with van der Waals surface area (Å²) >= 11 is 1.56. The Labute approximate surface area is 164 Å². The zero-order chi connectivity index (χ0) is 20.4. The molecule has 0 saturated carbocycles. The number of nitrogens with one attached hydrogen (secondary N) is 1. The molecule has 2 atom stereocenters. The fraction of sp³-hybridized carbons (Fsp3) is 0.389. The Morgan fingerprint density at radius 2 is 2.18 bits per heavy atom. The zero-order valence-electron chi connectivity index (χ0n) is 15.2. The molecule has 1 fully saturated rings. The fourth-order valence-corrected chi connectivity index (χ4v) is 3.97. The van der Waals surface area contributed by atoms with Crippen molar-refractivity contribution in [2.75, 3.05) is 11.4 Å². The number of aliphatic carboxylic acids is 1. The maximum absolute atomic E-state index is 12.5. The SMILES string of the molecule is Cc1nc2cc(N3CC(C(=O)NC(CCC(N)=O)C(=O)O)CC3=O)ccc2s1.